The van der Waals surface area contributed by atoms with E-state index >= 15 is 0 Å². The second kappa shape index (κ2) is 10.0. The van der Waals surface area contributed by atoms with Gasteiger partial charge in [-0.1, -0.05) is 48.5 Å². The first-order valence-corrected chi connectivity index (χ1v) is 11.3. The van der Waals surface area contributed by atoms with E-state index in [9.17, 15) is 14.4 Å². The second-order valence-corrected chi connectivity index (χ2v) is 9.43. The monoisotopic (exact) mass is 448 g/mol. The number of amides is 1. The summed E-state index contributed by atoms with van der Waals surface area (Å²) in [4.78, 5) is 40.0. The number of para-hydroxylation sites is 1. The molecule has 174 valence electrons. The zero-order valence-corrected chi connectivity index (χ0v) is 20.0. The van der Waals surface area contributed by atoms with Crippen LogP contribution in [0, 0.1) is 0 Å². The van der Waals surface area contributed by atoms with Crippen LogP contribution in [-0.2, 0) is 16.0 Å². The van der Waals surface area contributed by atoms with Crippen molar-refractivity contribution in [1.29, 1.82) is 0 Å². The van der Waals surface area contributed by atoms with Crippen LogP contribution >= 0.6 is 0 Å². The normalized spacial score (nSPS) is 11.6. The van der Waals surface area contributed by atoms with Gasteiger partial charge in [0, 0.05) is 29.6 Å². The minimum absolute atomic E-state index is 0.0418. The third-order valence-electron chi connectivity index (χ3n) is 5.35. The highest BCUT2D eigenvalue weighted by Crippen LogP contribution is 2.24. The van der Waals surface area contributed by atoms with Crippen LogP contribution in [0.25, 0.3) is 10.9 Å². The lowest BCUT2D eigenvalue weighted by Gasteiger charge is -2.26. The summed E-state index contributed by atoms with van der Waals surface area (Å²) < 4.78 is 7.04. The van der Waals surface area contributed by atoms with Crippen LogP contribution in [0.15, 0.2) is 60.8 Å². The molecule has 0 radical (unpaired) electrons. The molecule has 0 unspecified atom stereocenters. The van der Waals surface area contributed by atoms with Crippen molar-refractivity contribution in [3.8, 4) is 0 Å². The molecule has 2 aromatic carbocycles. The van der Waals surface area contributed by atoms with Crippen LogP contribution < -0.4 is 0 Å². The van der Waals surface area contributed by atoms with E-state index in [1.54, 1.807) is 23.2 Å². The maximum absolute atomic E-state index is 13.1. The Labute approximate surface area is 195 Å². The van der Waals surface area contributed by atoms with Gasteiger partial charge in [0.05, 0.1) is 12.1 Å². The third kappa shape index (κ3) is 6.09. The maximum Gasteiger partial charge on any atom is 0.419 e. The molecule has 0 spiro atoms. The van der Waals surface area contributed by atoms with E-state index in [1.807, 2.05) is 77.1 Å². The number of Topliss-reactive ketones (excluding diaryl/α,β-unsaturated/α-hetero) is 1. The van der Waals surface area contributed by atoms with Gasteiger partial charge in [0.15, 0.2) is 5.78 Å². The summed E-state index contributed by atoms with van der Waals surface area (Å²) in [5, 5.41) is 0.910. The zero-order valence-electron chi connectivity index (χ0n) is 20.0. The number of carbonyl (C=O) groups is 3. The molecule has 0 aliphatic heterocycles. The lowest BCUT2D eigenvalue weighted by molar-refractivity contribution is -0.132. The molecule has 0 saturated carbocycles. The average Bonchev–Trinajstić information content (AvgIpc) is 3.14. The van der Waals surface area contributed by atoms with E-state index in [2.05, 4.69) is 0 Å². The molecule has 1 amide bonds. The molecule has 3 rings (SSSR count). The Balaban J connectivity index is 1.76. The first-order chi connectivity index (χ1) is 15.6. The molecule has 0 atom stereocenters. The minimum Gasteiger partial charge on any atom is -0.443 e. The van der Waals surface area contributed by atoms with Crippen LogP contribution in [0.3, 0.4) is 0 Å². The molecule has 0 aliphatic carbocycles. The number of aryl methyl sites for hydroxylation is 1. The predicted octanol–water partition coefficient (Wildman–Crippen LogP) is 5.48. The van der Waals surface area contributed by atoms with Gasteiger partial charge in [-0.15, -0.1) is 0 Å². The average molecular weight is 449 g/mol. The Morgan fingerprint density at radius 1 is 0.970 bits per heavy atom. The summed E-state index contributed by atoms with van der Waals surface area (Å²) in [5.74, 6) is -0.178. The van der Waals surface area contributed by atoms with Crippen molar-refractivity contribution in [2.24, 2.45) is 0 Å². The first-order valence-electron chi connectivity index (χ1n) is 11.3. The molecule has 1 heterocycles. The van der Waals surface area contributed by atoms with E-state index < -0.39 is 11.7 Å². The largest absolute Gasteiger partial charge is 0.443 e. The second-order valence-electron chi connectivity index (χ2n) is 9.43. The number of nitrogens with zero attached hydrogens (tertiary/aromatic N) is 2. The fourth-order valence-corrected chi connectivity index (χ4v) is 3.73. The summed E-state index contributed by atoms with van der Waals surface area (Å²) in [5.41, 5.74) is 1.62. The van der Waals surface area contributed by atoms with Crippen LogP contribution in [0.2, 0.25) is 0 Å². The van der Waals surface area contributed by atoms with Crippen molar-refractivity contribution >= 4 is 28.7 Å². The summed E-state index contributed by atoms with van der Waals surface area (Å²) >= 11 is 0. The van der Waals surface area contributed by atoms with E-state index in [4.69, 9.17) is 4.74 Å². The van der Waals surface area contributed by atoms with Crippen LogP contribution in [-0.4, -0.2) is 45.4 Å². The fraction of sp³-hybridized carbons (Fsp3) is 0.370. The number of fused-ring (bicyclic) bond motifs is 1. The molecule has 6 heteroatoms. The third-order valence-corrected chi connectivity index (χ3v) is 5.35. The van der Waals surface area contributed by atoms with Gasteiger partial charge >= 0.3 is 6.09 Å². The van der Waals surface area contributed by atoms with E-state index in [0.29, 0.717) is 12.0 Å². The molecular weight excluding hydrogens is 416 g/mol. The molecule has 0 fully saturated rings. The number of rotatable bonds is 7. The molecule has 1 aromatic heterocycles. The summed E-state index contributed by atoms with van der Waals surface area (Å²) in [7, 11) is 0. The minimum atomic E-state index is -0.609. The van der Waals surface area contributed by atoms with Gasteiger partial charge in [-0.2, -0.15) is 0 Å². The van der Waals surface area contributed by atoms with Crippen LogP contribution in [0.4, 0.5) is 4.79 Å². The highest BCUT2D eigenvalue weighted by atomic mass is 16.6. The number of aromatic nitrogens is 1. The molecular formula is C27H32N2O4. The number of ether oxygens (including phenoxy) is 1. The molecule has 0 N–H and O–H groups in total. The van der Waals surface area contributed by atoms with Crippen molar-refractivity contribution in [1.82, 2.24) is 9.47 Å². The highest BCUT2D eigenvalue weighted by molar-refractivity contribution is 5.99. The quantitative estimate of drug-likeness (QED) is 0.449. The molecule has 6 nitrogen and oxygen atoms in total. The van der Waals surface area contributed by atoms with E-state index in [1.165, 1.54) is 4.57 Å². The van der Waals surface area contributed by atoms with Crippen molar-refractivity contribution < 1.29 is 19.1 Å². The maximum atomic E-state index is 13.1. The van der Waals surface area contributed by atoms with Crippen molar-refractivity contribution in [2.75, 3.05) is 6.54 Å². The van der Waals surface area contributed by atoms with E-state index in [-0.39, 0.29) is 30.7 Å². The lowest BCUT2D eigenvalue weighted by Crippen LogP contribution is -2.40. The van der Waals surface area contributed by atoms with Crippen molar-refractivity contribution in [3.05, 3.63) is 71.9 Å². The number of hydrogen-bond acceptors (Lipinski definition) is 4. The smallest absolute Gasteiger partial charge is 0.419 e. The topological polar surface area (TPSA) is 68.6 Å². The first kappa shape index (κ1) is 24.2. The van der Waals surface area contributed by atoms with Gasteiger partial charge in [-0.05, 0) is 52.7 Å². The van der Waals surface area contributed by atoms with E-state index in [0.717, 1.165) is 16.5 Å². The molecule has 0 bridgehead atoms. The zero-order chi connectivity index (χ0) is 24.2. The Morgan fingerprint density at radius 2 is 1.61 bits per heavy atom. The van der Waals surface area contributed by atoms with Crippen molar-refractivity contribution in [3.63, 3.8) is 0 Å². The predicted molar refractivity (Wildman–Crippen MR) is 130 cm³/mol. The van der Waals surface area contributed by atoms with Gasteiger partial charge in [-0.25, -0.2) is 4.79 Å². The number of hydrogen-bond donors (Lipinski definition) is 0. The summed E-state index contributed by atoms with van der Waals surface area (Å²) in [6.45, 7) is 9.34. The number of ketones is 1. The highest BCUT2D eigenvalue weighted by Gasteiger charge is 2.23. The van der Waals surface area contributed by atoms with Crippen LogP contribution in [0.1, 0.15) is 57.0 Å². The van der Waals surface area contributed by atoms with Crippen molar-refractivity contribution in [2.45, 2.75) is 59.1 Å². The molecule has 3 aromatic rings. The standard InChI is InChI=1S/C27H32N2O4/c1-19(2)28(18-24(30)20-11-7-6-8-12-20)25(31)16-15-21-17-29(26(32)33-27(3,4)5)23-14-10-9-13-22(21)23/h6-14,17,19H,15-16,18H2,1-5H3. The Bertz CT molecular complexity index is 1140. The molecule has 0 saturated heterocycles. The van der Waals surface area contributed by atoms with Gasteiger partial charge in [0.1, 0.15) is 5.60 Å². The van der Waals surface area contributed by atoms with Gasteiger partial charge in [0.2, 0.25) is 5.91 Å². The van der Waals surface area contributed by atoms with Crippen LogP contribution in [0.5, 0.6) is 0 Å². The number of carbonyl (C=O) groups excluding carboxylic acids is 3. The van der Waals surface area contributed by atoms with Gasteiger partial charge in [-0.3, -0.25) is 14.2 Å². The number of benzene rings is 2. The summed E-state index contributed by atoms with van der Waals surface area (Å²) in [6.07, 6.45) is 2.00. The molecule has 0 aliphatic rings. The summed E-state index contributed by atoms with van der Waals surface area (Å²) in [6, 6.07) is 16.5. The Morgan fingerprint density at radius 3 is 2.24 bits per heavy atom. The Hall–Kier alpha value is -3.41. The Kier molecular flexibility index (Phi) is 7.36. The van der Waals surface area contributed by atoms with Gasteiger partial charge < -0.3 is 9.64 Å². The fourth-order valence-electron chi connectivity index (χ4n) is 3.73. The molecule has 33 heavy (non-hydrogen) atoms. The lowest BCUT2D eigenvalue weighted by atomic mass is 10.1. The van der Waals surface area contributed by atoms with Gasteiger partial charge in [0.25, 0.3) is 0 Å². The SMILES string of the molecule is CC(C)N(CC(=O)c1ccccc1)C(=O)CCc1cn(C(=O)OC(C)(C)C)c2ccccc12.